The van der Waals surface area contributed by atoms with Gasteiger partial charge < -0.3 is 5.11 Å². The summed E-state index contributed by atoms with van der Waals surface area (Å²) < 4.78 is 0. The Bertz CT molecular complexity index is 137. The van der Waals surface area contributed by atoms with Crippen molar-refractivity contribution in [3.05, 3.63) is 0 Å². The van der Waals surface area contributed by atoms with Crippen LogP contribution >= 0.6 is 0 Å². The maximum atomic E-state index is 10.8. The molecular formula is C5H10N2O2. The molecule has 0 spiro atoms. The predicted molar refractivity (Wildman–Crippen MR) is 31.1 cm³/mol. The van der Waals surface area contributed by atoms with Crippen LogP contribution in [-0.2, 0) is 4.79 Å². The van der Waals surface area contributed by atoms with E-state index in [1.54, 1.807) is 14.0 Å². The number of hydrogen-bond donors (Lipinski definition) is 2. The Labute approximate surface area is 53.4 Å². The third-order valence-electron chi connectivity index (χ3n) is 1.52. The molecule has 4 heteroatoms. The fourth-order valence-electron chi connectivity index (χ4n) is 0.814. The second-order valence-corrected chi connectivity index (χ2v) is 2.26. The van der Waals surface area contributed by atoms with Crippen LogP contribution in [0.5, 0.6) is 0 Å². The summed E-state index contributed by atoms with van der Waals surface area (Å²) in [5.74, 6) is -0.377. The van der Waals surface area contributed by atoms with E-state index in [0.29, 0.717) is 0 Å². The zero-order chi connectivity index (χ0) is 7.02. The van der Waals surface area contributed by atoms with Crippen molar-refractivity contribution in [2.24, 2.45) is 5.92 Å². The van der Waals surface area contributed by atoms with Crippen molar-refractivity contribution in [3.8, 4) is 0 Å². The van der Waals surface area contributed by atoms with Gasteiger partial charge in [0, 0.05) is 7.05 Å². The quantitative estimate of drug-likeness (QED) is 0.438. The molecule has 1 heterocycles. The number of carbonyl (C=O) groups excluding carboxylic acids is 1. The number of nitrogens with one attached hydrogen (secondary N) is 1. The Kier molecular flexibility index (Phi) is 1.42. The van der Waals surface area contributed by atoms with Gasteiger partial charge in [0.05, 0.1) is 5.92 Å². The van der Waals surface area contributed by atoms with Gasteiger partial charge in [-0.2, -0.15) is 0 Å². The summed E-state index contributed by atoms with van der Waals surface area (Å²) in [6.07, 6.45) is -0.706. The first kappa shape index (κ1) is 6.51. The predicted octanol–water partition coefficient (Wildman–Crippen LogP) is -1.08. The van der Waals surface area contributed by atoms with Gasteiger partial charge in [-0.1, -0.05) is 0 Å². The minimum Gasteiger partial charge on any atom is -0.376 e. The zero-order valence-corrected chi connectivity index (χ0v) is 5.46. The Hall–Kier alpha value is -0.610. The van der Waals surface area contributed by atoms with Gasteiger partial charge >= 0.3 is 0 Å². The van der Waals surface area contributed by atoms with Gasteiger partial charge in [0.25, 0.3) is 0 Å². The largest absolute Gasteiger partial charge is 0.376 e. The van der Waals surface area contributed by atoms with Gasteiger partial charge in [-0.25, -0.2) is 5.43 Å². The summed E-state index contributed by atoms with van der Waals surface area (Å²) in [6.45, 7) is 1.68. The van der Waals surface area contributed by atoms with Gasteiger partial charge in [0.1, 0.15) is 6.23 Å². The van der Waals surface area contributed by atoms with Crippen LogP contribution in [0.4, 0.5) is 0 Å². The first-order chi connectivity index (χ1) is 4.13. The van der Waals surface area contributed by atoms with Crippen molar-refractivity contribution >= 4 is 5.91 Å². The molecule has 0 aromatic heterocycles. The van der Waals surface area contributed by atoms with Gasteiger partial charge in [0.2, 0.25) is 5.91 Å². The van der Waals surface area contributed by atoms with Crippen molar-refractivity contribution in [1.29, 1.82) is 0 Å². The Morgan fingerprint density at radius 1 is 1.78 bits per heavy atom. The van der Waals surface area contributed by atoms with Crippen LogP contribution < -0.4 is 5.43 Å². The molecule has 1 aliphatic rings. The molecule has 52 valence electrons. The normalized spacial score (nSPS) is 35.9. The van der Waals surface area contributed by atoms with E-state index in [4.69, 9.17) is 5.11 Å². The zero-order valence-electron chi connectivity index (χ0n) is 5.46. The molecule has 2 unspecified atom stereocenters. The summed E-state index contributed by atoms with van der Waals surface area (Å²) in [5, 5.41) is 10.3. The smallest absolute Gasteiger partial charge is 0.243 e. The second-order valence-electron chi connectivity index (χ2n) is 2.26. The van der Waals surface area contributed by atoms with E-state index in [9.17, 15) is 4.79 Å². The lowest BCUT2D eigenvalue weighted by molar-refractivity contribution is -0.130. The van der Waals surface area contributed by atoms with Gasteiger partial charge in [-0.15, -0.1) is 0 Å². The van der Waals surface area contributed by atoms with E-state index in [2.05, 4.69) is 5.43 Å². The van der Waals surface area contributed by atoms with Crippen LogP contribution in [0.1, 0.15) is 6.92 Å². The number of hydrazine groups is 1. The van der Waals surface area contributed by atoms with Crippen LogP contribution in [0, 0.1) is 5.92 Å². The monoisotopic (exact) mass is 130 g/mol. The van der Waals surface area contributed by atoms with E-state index in [1.165, 1.54) is 5.01 Å². The fourth-order valence-corrected chi connectivity index (χ4v) is 0.814. The molecule has 0 saturated carbocycles. The molecule has 1 amide bonds. The average molecular weight is 130 g/mol. The van der Waals surface area contributed by atoms with Crippen LogP contribution in [0.3, 0.4) is 0 Å². The van der Waals surface area contributed by atoms with Crippen LogP contribution in [0.25, 0.3) is 0 Å². The maximum Gasteiger partial charge on any atom is 0.243 e. The maximum absolute atomic E-state index is 10.8. The van der Waals surface area contributed by atoms with Crippen molar-refractivity contribution in [3.63, 3.8) is 0 Å². The summed E-state index contributed by atoms with van der Waals surface area (Å²) in [4.78, 5) is 10.8. The number of aliphatic hydroxyl groups is 1. The average Bonchev–Trinajstić information content (AvgIpc) is 1.98. The molecule has 0 aliphatic carbocycles. The minimum atomic E-state index is -0.706. The van der Waals surface area contributed by atoms with Crippen LogP contribution in [-0.4, -0.2) is 29.3 Å². The molecule has 1 aliphatic heterocycles. The third kappa shape index (κ3) is 0.906. The van der Waals surface area contributed by atoms with Crippen molar-refractivity contribution in [2.75, 3.05) is 7.05 Å². The van der Waals surface area contributed by atoms with Crippen molar-refractivity contribution in [1.82, 2.24) is 10.4 Å². The third-order valence-corrected chi connectivity index (χ3v) is 1.52. The van der Waals surface area contributed by atoms with E-state index in [0.717, 1.165) is 0 Å². The van der Waals surface area contributed by atoms with Crippen LogP contribution in [0.15, 0.2) is 0 Å². The lowest BCUT2D eigenvalue weighted by atomic mass is 10.2. The highest BCUT2D eigenvalue weighted by Crippen LogP contribution is 2.10. The molecule has 4 nitrogen and oxygen atoms in total. The molecule has 9 heavy (non-hydrogen) atoms. The molecule has 1 saturated heterocycles. The number of carbonyl (C=O) groups is 1. The summed E-state index contributed by atoms with van der Waals surface area (Å²) >= 11 is 0. The number of amides is 1. The fraction of sp³-hybridized carbons (Fsp3) is 0.800. The highest BCUT2D eigenvalue weighted by molar-refractivity contribution is 5.80. The molecule has 1 rings (SSSR count). The number of rotatable bonds is 0. The standard InChI is InChI=1S/C5H10N2O2/c1-3-4(8)6-7(2)5(3)9/h3-4,6,8H,1-2H3. The van der Waals surface area contributed by atoms with E-state index < -0.39 is 6.23 Å². The molecule has 0 aromatic carbocycles. The Balaban J connectivity index is 2.65. The Morgan fingerprint density at radius 3 is 2.44 bits per heavy atom. The van der Waals surface area contributed by atoms with Gasteiger partial charge in [0.15, 0.2) is 0 Å². The summed E-state index contributed by atoms with van der Waals surface area (Å²) in [5.41, 5.74) is 2.56. The highest BCUT2D eigenvalue weighted by atomic mass is 16.3. The van der Waals surface area contributed by atoms with Crippen molar-refractivity contribution < 1.29 is 9.90 Å². The molecule has 2 atom stereocenters. The molecule has 2 N–H and O–H groups in total. The molecule has 0 radical (unpaired) electrons. The second kappa shape index (κ2) is 1.97. The lowest BCUT2D eigenvalue weighted by Gasteiger charge is -2.06. The number of hydrogen-bond acceptors (Lipinski definition) is 3. The molecule has 0 aromatic rings. The van der Waals surface area contributed by atoms with Crippen LogP contribution in [0.2, 0.25) is 0 Å². The molecule has 1 fully saturated rings. The number of aliphatic hydroxyl groups excluding tert-OH is 1. The molecular weight excluding hydrogens is 120 g/mol. The van der Waals surface area contributed by atoms with E-state index in [1.807, 2.05) is 0 Å². The first-order valence-corrected chi connectivity index (χ1v) is 2.84. The minimum absolute atomic E-state index is 0.0671. The first-order valence-electron chi connectivity index (χ1n) is 2.84. The number of nitrogens with zero attached hydrogens (tertiary/aromatic N) is 1. The van der Waals surface area contributed by atoms with Gasteiger partial charge in [-0.3, -0.25) is 9.80 Å². The van der Waals surface area contributed by atoms with E-state index in [-0.39, 0.29) is 11.8 Å². The Morgan fingerprint density at radius 2 is 2.33 bits per heavy atom. The van der Waals surface area contributed by atoms with E-state index >= 15 is 0 Å². The molecule has 0 bridgehead atoms. The van der Waals surface area contributed by atoms with Gasteiger partial charge in [-0.05, 0) is 6.92 Å². The van der Waals surface area contributed by atoms with Crippen molar-refractivity contribution in [2.45, 2.75) is 13.2 Å². The SMILES string of the molecule is CC1C(=O)N(C)NC1O. The summed E-state index contributed by atoms with van der Waals surface area (Å²) in [7, 11) is 1.59. The summed E-state index contributed by atoms with van der Waals surface area (Å²) in [6, 6.07) is 0. The lowest BCUT2D eigenvalue weighted by Crippen LogP contribution is -2.33. The highest BCUT2D eigenvalue weighted by Gasteiger charge is 2.32. The topological polar surface area (TPSA) is 52.6 Å².